The Balaban J connectivity index is 1.70. The van der Waals surface area contributed by atoms with E-state index in [1.165, 1.54) is 56.9 Å². The van der Waals surface area contributed by atoms with E-state index in [0.29, 0.717) is 18.9 Å². The van der Waals surface area contributed by atoms with Crippen LogP contribution in [-0.4, -0.2) is 18.7 Å². The minimum absolute atomic E-state index is 0.00851. The summed E-state index contributed by atoms with van der Waals surface area (Å²) in [6.07, 6.45) is 16.4. The zero-order valence-electron chi connectivity index (χ0n) is 18.8. The van der Waals surface area contributed by atoms with E-state index >= 15 is 0 Å². The minimum atomic E-state index is -0.00851. The van der Waals surface area contributed by atoms with E-state index in [2.05, 4.69) is 25.1 Å². The summed E-state index contributed by atoms with van der Waals surface area (Å²) in [5, 5.41) is 0. The molecule has 0 radical (unpaired) electrons. The molecular weight excluding hydrogens is 360 g/mol. The second kappa shape index (κ2) is 14.5. The summed E-state index contributed by atoms with van der Waals surface area (Å²) in [6.45, 7) is 4.93. The molecular formula is C26H42O3. The van der Waals surface area contributed by atoms with Gasteiger partial charge < -0.3 is 9.47 Å². The van der Waals surface area contributed by atoms with Gasteiger partial charge in [0, 0.05) is 12.3 Å². The molecule has 0 N–H and O–H groups in total. The maximum Gasteiger partial charge on any atom is 0.306 e. The summed E-state index contributed by atoms with van der Waals surface area (Å²) in [6, 6.07) is 8.33. The number of benzene rings is 1. The van der Waals surface area contributed by atoms with Crippen LogP contribution in [0.25, 0.3) is 0 Å². The van der Waals surface area contributed by atoms with Crippen LogP contribution in [0.3, 0.4) is 0 Å². The van der Waals surface area contributed by atoms with Crippen LogP contribution in [0.1, 0.15) is 115 Å². The molecule has 1 aliphatic carbocycles. The molecule has 0 amide bonds. The van der Waals surface area contributed by atoms with Gasteiger partial charge in [-0.1, -0.05) is 76.8 Å². The van der Waals surface area contributed by atoms with Crippen molar-refractivity contribution in [1.82, 2.24) is 0 Å². The molecule has 2 rings (SSSR count). The van der Waals surface area contributed by atoms with Crippen molar-refractivity contribution in [2.45, 2.75) is 116 Å². The molecule has 2 atom stereocenters. The summed E-state index contributed by atoms with van der Waals surface area (Å²) < 4.78 is 11.6. The van der Waals surface area contributed by atoms with Gasteiger partial charge in [-0.2, -0.15) is 0 Å². The molecule has 1 fully saturated rings. The predicted molar refractivity (Wildman–Crippen MR) is 121 cm³/mol. The molecule has 0 unspecified atom stereocenters. The van der Waals surface area contributed by atoms with Crippen molar-refractivity contribution in [3.63, 3.8) is 0 Å². The number of carbonyl (C=O) groups is 1. The Hall–Kier alpha value is -1.51. The highest BCUT2D eigenvalue weighted by Gasteiger charge is 2.29. The Kier molecular flexibility index (Phi) is 11.9. The Morgan fingerprint density at radius 3 is 2.34 bits per heavy atom. The second-order valence-corrected chi connectivity index (χ2v) is 8.50. The van der Waals surface area contributed by atoms with Gasteiger partial charge in [0.15, 0.2) is 0 Å². The van der Waals surface area contributed by atoms with Crippen LogP contribution < -0.4 is 4.74 Å². The highest BCUT2D eigenvalue weighted by molar-refractivity contribution is 5.69. The van der Waals surface area contributed by atoms with E-state index in [-0.39, 0.29) is 12.1 Å². The largest absolute Gasteiger partial charge is 0.494 e. The van der Waals surface area contributed by atoms with Gasteiger partial charge in [0.2, 0.25) is 0 Å². The van der Waals surface area contributed by atoms with Crippen molar-refractivity contribution >= 4 is 5.97 Å². The molecule has 0 spiro atoms. The first kappa shape index (κ1) is 23.8. The lowest BCUT2D eigenvalue weighted by atomic mass is 9.81. The number of esters is 1. The highest BCUT2D eigenvalue weighted by Crippen LogP contribution is 2.36. The zero-order valence-corrected chi connectivity index (χ0v) is 18.8. The van der Waals surface area contributed by atoms with E-state index in [9.17, 15) is 4.79 Å². The van der Waals surface area contributed by atoms with Crippen molar-refractivity contribution in [3.05, 3.63) is 29.8 Å². The smallest absolute Gasteiger partial charge is 0.306 e. The summed E-state index contributed by atoms with van der Waals surface area (Å²) in [5.41, 5.74) is 1.25. The van der Waals surface area contributed by atoms with Crippen LogP contribution in [0.4, 0.5) is 0 Å². The standard InChI is InChI=1S/C26H42O3/c1-3-5-6-7-8-9-10-11-12-20-26(27)29-25-19-14-13-18-24(25)22-16-15-17-23(21-22)28-4-2/h15-17,21,24-25H,3-14,18-20H2,1-2H3/t24-,25+/m1/s1. The third kappa shape index (κ3) is 9.23. The maximum atomic E-state index is 12.4. The molecule has 29 heavy (non-hydrogen) atoms. The normalized spacial score (nSPS) is 19.1. The third-order valence-corrected chi connectivity index (χ3v) is 6.07. The van der Waals surface area contributed by atoms with E-state index in [1.807, 2.05) is 13.0 Å². The Morgan fingerprint density at radius 2 is 1.62 bits per heavy atom. The molecule has 3 nitrogen and oxygen atoms in total. The Bertz CT molecular complexity index is 569. The predicted octanol–water partition coefficient (Wildman–Crippen LogP) is 7.58. The quantitative estimate of drug-likeness (QED) is 0.238. The van der Waals surface area contributed by atoms with E-state index < -0.39 is 0 Å². The number of carbonyl (C=O) groups excluding carboxylic acids is 1. The summed E-state index contributed by atoms with van der Waals surface area (Å²) in [4.78, 5) is 12.4. The number of hydrogen-bond acceptors (Lipinski definition) is 3. The zero-order chi connectivity index (χ0) is 20.7. The first-order valence-corrected chi connectivity index (χ1v) is 12.2. The van der Waals surface area contributed by atoms with Crippen molar-refractivity contribution < 1.29 is 14.3 Å². The number of ether oxygens (including phenoxy) is 2. The van der Waals surface area contributed by atoms with Gasteiger partial charge >= 0.3 is 5.97 Å². The number of rotatable bonds is 14. The van der Waals surface area contributed by atoms with E-state index in [4.69, 9.17) is 9.47 Å². The van der Waals surface area contributed by atoms with Gasteiger partial charge in [-0.15, -0.1) is 0 Å². The fraction of sp³-hybridized carbons (Fsp3) is 0.731. The fourth-order valence-electron chi connectivity index (χ4n) is 4.43. The maximum absolute atomic E-state index is 12.4. The van der Waals surface area contributed by atoms with E-state index in [0.717, 1.165) is 37.9 Å². The molecule has 0 saturated heterocycles. The fourth-order valence-corrected chi connectivity index (χ4v) is 4.43. The van der Waals surface area contributed by atoms with Crippen LogP contribution in [0.5, 0.6) is 5.75 Å². The van der Waals surface area contributed by atoms with Crippen LogP contribution in [-0.2, 0) is 9.53 Å². The first-order chi connectivity index (χ1) is 14.2. The summed E-state index contributed by atoms with van der Waals surface area (Å²) in [5.74, 6) is 1.21. The number of unbranched alkanes of at least 4 members (excludes halogenated alkanes) is 8. The lowest BCUT2D eigenvalue weighted by Crippen LogP contribution is -2.28. The van der Waals surface area contributed by atoms with Crippen molar-refractivity contribution in [1.29, 1.82) is 0 Å². The second-order valence-electron chi connectivity index (χ2n) is 8.50. The topological polar surface area (TPSA) is 35.5 Å². The monoisotopic (exact) mass is 402 g/mol. The van der Waals surface area contributed by atoms with Gasteiger partial charge in [-0.3, -0.25) is 4.79 Å². The Morgan fingerprint density at radius 1 is 0.931 bits per heavy atom. The SMILES string of the molecule is CCCCCCCCCCCC(=O)O[C@H]1CCCC[C@@H]1c1cccc(OCC)c1. The molecule has 0 aliphatic heterocycles. The van der Waals surface area contributed by atoms with E-state index in [1.54, 1.807) is 0 Å². The lowest BCUT2D eigenvalue weighted by Gasteiger charge is -2.31. The Labute approximate surface area is 178 Å². The molecule has 1 saturated carbocycles. The molecule has 0 aromatic heterocycles. The molecule has 1 aliphatic rings. The van der Waals surface area contributed by atoms with Crippen molar-refractivity contribution in [3.8, 4) is 5.75 Å². The number of hydrogen-bond donors (Lipinski definition) is 0. The van der Waals surface area contributed by atoms with Gasteiger partial charge in [-0.25, -0.2) is 0 Å². The highest BCUT2D eigenvalue weighted by atomic mass is 16.5. The van der Waals surface area contributed by atoms with Crippen LogP contribution in [0.15, 0.2) is 24.3 Å². The molecule has 164 valence electrons. The molecule has 0 heterocycles. The lowest BCUT2D eigenvalue weighted by molar-refractivity contribution is -0.151. The van der Waals surface area contributed by atoms with Gasteiger partial charge in [0.1, 0.15) is 11.9 Å². The third-order valence-electron chi connectivity index (χ3n) is 6.07. The molecule has 3 heteroatoms. The van der Waals surface area contributed by atoms with Gasteiger partial charge in [0.25, 0.3) is 0 Å². The van der Waals surface area contributed by atoms with Gasteiger partial charge in [-0.05, 0) is 50.3 Å². The molecule has 0 bridgehead atoms. The van der Waals surface area contributed by atoms with Crippen molar-refractivity contribution in [2.75, 3.05) is 6.61 Å². The first-order valence-electron chi connectivity index (χ1n) is 12.2. The average molecular weight is 403 g/mol. The van der Waals surface area contributed by atoms with Crippen LogP contribution in [0, 0.1) is 0 Å². The van der Waals surface area contributed by atoms with Gasteiger partial charge in [0.05, 0.1) is 6.61 Å². The van der Waals surface area contributed by atoms with Crippen LogP contribution in [0.2, 0.25) is 0 Å². The summed E-state index contributed by atoms with van der Waals surface area (Å²) >= 11 is 0. The molecule has 1 aromatic carbocycles. The van der Waals surface area contributed by atoms with Crippen LogP contribution >= 0.6 is 0 Å². The minimum Gasteiger partial charge on any atom is -0.494 e. The van der Waals surface area contributed by atoms with Crippen molar-refractivity contribution in [2.24, 2.45) is 0 Å². The summed E-state index contributed by atoms with van der Waals surface area (Å²) in [7, 11) is 0. The molecule has 1 aromatic rings. The average Bonchev–Trinajstić information content (AvgIpc) is 2.73.